The Bertz CT molecular complexity index is 1100. The van der Waals surface area contributed by atoms with E-state index in [4.69, 9.17) is 10.6 Å². The lowest BCUT2D eigenvalue weighted by Crippen LogP contribution is -2.22. The van der Waals surface area contributed by atoms with E-state index in [1.54, 1.807) is 29.9 Å². The van der Waals surface area contributed by atoms with Crippen molar-refractivity contribution in [2.75, 3.05) is 12.4 Å². The van der Waals surface area contributed by atoms with Gasteiger partial charge in [-0.1, -0.05) is 40.1 Å². The molecular weight excluding hydrogens is 658 g/mol. The zero-order chi connectivity index (χ0) is 23.9. The summed E-state index contributed by atoms with van der Waals surface area (Å²) in [6.07, 6.45) is 15.2. The number of hydrogen-bond donors (Lipinski definition) is 1. The fourth-order valence-corrected chi connectivity index (χ4v) is 6.32. The molecule has 3 aromatic heterocycles. The van der Waals surface area contributed by atoms with Crippen molar-refractivity contribution >= 4 is 53.9 Å². The van der Waals surface area contributed by atoms with Crippen molar-refractivity contribution in [2.45, 2.75) is 53.1 Å². The van der Waals surface area contributed by atoms with Gasteiger partial charge in [0.2, 0.25) is 0 Å². The maximum atomic E-state index is 6.37. The summed E-state index contributed by atoms with van der Waals surface area (Å²) in [5.74, 6) is 7.58. The molecule has 4 unspecified atom stereocenters. The maximum Gasteiger partial charge on any atom is 0.151 e. The lowest BCUT2D eigenvalue weighted by Gasteiger charge is -2.20. The highest BCUT2D eigenvalue weighted by molar-refractivity contribution is 14.2. The van der Waals surface area contributed by atoms with Crippen molar-refractivity contribution in [3.63, 3.8) is 0 Å². The zero-order valence-corrected chi connectivity index (χ0v) is 23.5. The minimum atomic E-state index is -0.0441. The second kappa shape index (κ2) is 12.3. The van der Waals surface area contributed by atoms with Crippen LogP contribution in [0.2, 0.25) is 0 Å². The summed E-state index contributed by atoms with van der Waals surface area (Å²) < 4.78 is 14.8. The van der Waals surface area contributed by atoms with E-state index in [0.717, 1.165) is 55.9 Å². The van der Waals surface area contributed by atoms with Gasteiger partial charge in [-0.3, -0.25) is 0 Å². The van der Waals surface area contributed by atoms with E-state index in [1.165, 1.54) is 0 Å². The molecule has 3 aromatic rings. The monoisotopic (exact) mass is 688 g/mol. The number of imidazole rings is 1. The molecule has 0 spiro atoms. The average Bonchev–Trinajstić information content (AvgIpc) is 3.42. The molecule has 1 saturated heterocycles. The summed E-state index contributed by atoms with van der Waals surface area (Å²) in [6, 6.07) is 2.03. The lowest BCUT2D eigenvalue weighted by molar-refractivity contribution is 0.0421. The summed E-state index contributed by atoms with van der Waals surface area (Å²) in [5, 5.41) is 7.79. The minimum Gasteiger partial charge on any atom is -0.376 e. The van der Waals surface area contributed by atoms with Crippen LogP contribution < -0.4 is 5.84 Å². The number of rotatable bonds is 9. The number of alkyl halides is 2. The maximum absolute atomic E-state index is 6.37. The molecule has 2 N–H and O–H groups in total. The Morgan fingerprint density at radius 3 is 2.94 bits per heavy atom. The molecule has 0 aromatic carbocycles. The molecule has 4 heterocycles. The quantitative estimate of drug-likeness (QED) is 0.208. The molecule has 1 aliphatic rings. The van der Waals surface area contributed by atoms with Gasteiger partial charge in [-0.05, 0) is 43.7 Å². The highest BCUT2D eigenvalue weighted by Gasteiger charge is 2.22. The van der Waals surface area contributed by atoms with Gasteiger partial charge in [0.15, 0.2) is 5.82 Å². The molecule has 0 saturated carbocycles. The topological polar surface area (TPSA) is 110 Å². The average molecular weight is 688 g/mol. The van der Waals surface area contributed by atoms with Gasteiger partial charge in [-0.25, -0.2) is 19.6 Å². The van der Waals surface area contributed by atoms with Gasteiger partial charge < -0.3 is 15.1 Å². The molecule has 34 heavy (non-hydrogen) atoms. The molecule has 9 nitrogen and oxygen atoms in total. The molecule has 4 atom stereocenters. The third kappa shape index (κ3) is 6.68. The molecular formula is C23H30I2N8O. The Labute approximate surface area is 223 Å². The van der Waals surface area contributed by atoms with Crippen molar-refractivity contribution in [3.8, 4) is 11.4 Å². The van der Waals surface area contributed by atoms with E-state index in [-0.39, 0.29) is 26.8 Å². The first kappa shape index (κ1) is 25.4. The smallest absolute Gasteiger partial charge is 0.151 e. The first-order chi connectivity index (χ1) is 16.5. The van der Waals surface area contributed by atoms with Crippen molar-refractivity contribution in [2.24, 2.45) is 5.92 Å². The van der Waals surface area contributed by atoms with Gasteiger partial charge in [0.05, 0.1) is 24.5 Å². The van der Waals surface area contributed by atoms with Crippen LogP contribution >= 0.6 is 43.3 Å². The van der Waals surface area contributed by atoms with Crippen LogP contribution in [0.25, 0.3) is 17.5 Å². The van der Waals surface area contributed by atoms with Crippen molar-refractivity contribution < 1.29 is 4.74 Å². The summed E-state index contributed by atoms with van der Waals surface area (Å²) >= 11 is 2.41. The molecule has 182 valence electrons. The van der Waals surface area contributed by atoms with Crippen LogP contribution in [0.15, 0.2) is 37.3 Å². The SMILES string of the molecule is C=IC(C)C(I)/C=C\c1ncc(-c2cc(CC3CCCOC(Cn4cnnc4)C3)ncn2)n1N. The van der Waals surface area contributed by atoms with Crippen LogP contribution in [-0.2, 0) is 17.7 Å². The standard InChI is InChI=1S/C23H30I2N8O/c1-16(25-2)20(24)5-6-23-27-11-22(33(23)26)21-10-18(28-13-29-21)8-17-4-3-7-34-19(9-17)12-32-14-30-31-15-32/h5-6,10-11,13-17,19-20H,2-4,7-9,12,26H2,1H3/b6-5-. The number of nitrogens with zero attached hydrogens (tertiary/aromatic N) is 7. The van der Waals surface area contributed by atoms with E-state index < -0.39 is 0 Å². The number of allylic oxidation sites excluding steroid dienone is 1. The Morgan fingerprint density at radius 1 is 1.32 bits per heavy atom. The molecule has 0 amide bonds. The third-order valence-electron chi connectivity index (χ3n) is 6.01. The Balaban J connectivity index is 1.44. The van der Waals surface area contributed by atoms with E-state index in [9.17, 15) is 0 Å². The molecule has 0 radical (unpaired) electrons. The number of hydrogen-bond acceptors (Lipinski definition) is 7. The Hall–Kier alpha value is -1.74. The van der Waals surface area contributed by atoms with Gasteiger partial charge in [0.1, 0.15) is 24.7 Å². The number of ether oxygens (including phenoxy) is 1. The largest absolute Gasteiger partial charge is 0.376 e. The summed E-state index contributed by atoms with van der Waals surface area (Å²) in [7, 11) is 0. The van der Waals surface area contributed by atoms with Crippen LogP contribution in [0.1, 0.15) is 37.7 Å². The highest BCUT2D eigenvalue weighted by Crippen LogP contribution is 2.26. The van der Waals surface area contributed by atoms with Crippen LogP contribution in [-0.4, -0.2) is 59.5 Å². The van der Waals surface area contributed by atoms with E-state index in [1.807, 2.05) is 16.7 Å². The number of halogens is 2. The second-order valence-corrected chi connectivity index (χ2v) is 12.8. The predicted molar refractivity (Wildman–Crippen MR) is 152 cm³/mol. The van der Waals surface area contributed by atoms with Gasteiger partial charge >= 0.3 is 0 Å². The molecule has 0 bridgehead atoms. The van der Waals surface area contributed by atoms with Gasteiger partial charge in [-0.15, -0.1) is 30.9 Å². The minimum absolute atomic E-state index is 0.0441. The van der Waals surface area contributed by atoms with Crippen molar-refractivity contribution in [1.82, 2.24) is 34.4 Å². The predicted octanol–water partition coefficient (Wildman–Crippen LogP) is 3.68. The van der Waals surface area contributed by atoms with Crippen molar-refractivity contribution in [3.05, 3.63) is 48.8 Å². The fourth-order valence-electron chi connectivity index (χ4n) is 4.09. The molecule has 0 aliphatic carbocycles. The summed E-state index contributed by atoms with van der Waals surface area (Å²) in [5.41, 5.74) is 2.58. The second-order valence-electron chi connectivity index (χ2n) is 8.50. The number of nitrogens with two attached hydrogens (primary N) is 1. The van der Waals surface area contributed by atoms with E-state index in [2.05, 4.69) is 65.3 Å². The first-order valence-electron chi connectivity index (χ1n) is 11.3. The van der Waals surface area contributed by atoms with Gasteiger partial charge in [0, 0.05) is 20.2 Å². The van der Waals surface area contributed by atoms with E-state index >= 15 is 0 Å². The molecule has 1 aliphatic heterocycles. The highest BCUT2D eigenvalue weighted by atomic mass is 127. The number of aromatic nitrogens is 7. The number of nitrogen functional groups attached to an aromatic ring is 1. The van der Waals surface area contributed by atoms with Crippen LogP contribution in [0, 0.1) is 5.92 Å². The van der Waals surface area contributed by atoms with Gasteiger partial charge in [-0.2, -0.15) is 0 Å². The molecule has 11 heteroatoms. The normalized spacial score (nSPS) is 20.9. The van der Waals surface area contributed by atoms with Gasteiger partial charge in [0.25, 0.3) is 0 Å². The first-order valence-corrected chi connectivity index (χ1v) is 15.3. The van der Waals surface area contributed by atoms with E-state index in [0.29, 0.717) is 19.6 Å². The Morgan fingerprint density at radius 2 is 2.15 bits per heavy atom. The molecule has 4 rings (SSSR count). The van der Waals surface area contributed by atoms with Crippen molar-refractivity contribution in [1.29, 1.82) is 0 Å². The van der Waals surface area contributed by atoms with Crippen LogP contribution in [0.4, 0.5) is 0 Å². The summed E-state index contributed by atoms with van der Waals surface area (Å²) in [6.45, 7) is 3.80. The lowest BCUT2D eigenvalue weighted by atomic mass is 9.92. The fraction of sp³-hybridized carbons (Fsp3) is 0.478. The molecule has 1 fully saturated rings. The van der Waals surface area contributed by atoms with Crippen LogP contribution in [0.5, 0.6) is 0 Å². The zero-order valence-electron chi connectivity index (χ0n) is 19.2. The summed E-state index contributed by atoms with van der Waals surface area (Å²) in [4.78, 5) is 13.5. The van der Waals surface area contributed by atoms with Crippen LogP contribution in [0.3, 0.4) is 0 Å². The third-order valence-corrected chi connectivity index (χ3v) is 11.0. The Kier molecular flexibility index (Phi) is 9.17.